The number of para-hydroxylation sites is 1. The van der Waals surface area contributed by atoms with Crippen LogP contribution < -0.4 is 5.32 Å². The predicted octanol–water partition coefficient (Wildman–Crippen LogP) is 3.20. The fourth-order valence-corrected chi connectivity index (χ4v) is 5.06. The van der Waals surface area contributed by atoms with E-state index in [9.17, 15) is 9.59 Å². The summed E-state index contributed by atoms with van der Waals surface area (Å²) < 4.78 is 0. The Hall–Kier alpha value is -1.49. The molecule has 0 aromatic heterocycles. The van der Waals surface area contributed by atoms with Crippen LogP contribution in [-0.4, -0.2) is 33.4 Å². The molecule has 0 aliphatic carbocycles. The lowest BCUT2D eigenvalue weighted by Gasteiger charge is -2.30. The van der Waals surface area contributed by atoms with E-state index in [0.29, 0.717) is 12.2 Å². The topological polar surface area (TPSA) is 49.4 Å². The number of rotatable bonds is 4. The highest BCUT2D eigenvalue weighted by Gasteiger charge is 2.52. The van der Waals surface area contributed by atoms with Gasteiger partial charge in [-0.05, 0) is 37.3 Å². The first-order valence-electron chi connectivity index (χ1n) is 8.38. The summed E-state index contributed by atoms with van der Waals surface area (Å²) in [6.45, 7) is 6.27. The molecule has 1 N–H and O–H groups in total. The molecule has 3 rings (SSSR count). The Morgan fingerprint density at radius 3 is 2.61 bits per heavy atom. The summed E-state index contributed by atoms with van der Waals surface area (Å²) in [5.74, 6) is 0.744. The maximum absolute atomic E-state index is 12.9. The van der Waals surface area contributed by atoms with Crippen LogP contribution in [0.5, 0.6) is 0 Å². The van der Waals surface area contributed by atoms with Crippen LogP contribution in [0.2, 0.25) is 0 Å². The Balaban J connectivity index is 1.84. The lowest BCUT2D eigenvalue weighted by Crippen LogP contribution is -2.48. The van der Waals surface area contributed by atoms with E-state index >= 15 is 0 Å². The SMILES string of the molecule is CCc1cccc(CC)c1NC(=O)[C@H]1CS[C@@]2(C)CCC(=O)N12. The molecule has 0 bridgehead atoms. The third-order valence-corrected chi connectivity index (χ3v) is 6.50. The van der Waals surface area contributed by atoms with Crippen molar-refractivity contribution in [2.24, 2.45) is 0 Å². The summed E-state index contributed by atoms with van der Waals surface area (Å²) in [6, 6.07) is 5.81. The molecule has 0 spiro atoms. The molecule has 0 unspecified atom stereocenters. The van der Waals surface area contributed by atoms with E-state index in [4.69, 9.17) is 0 Å². The number of thioether (sulfide) groups is 1. The molecule has 1 aromatic carbocycles. The minimum atomic E-state index is -0.352. The van der Waals surface area contributed by atoms with E-state index in [0.717, 1.165) is 36.1 Å². The molecule has 1 aromatic rings. The Kier molecular flexibility index (Phi) is 4.41. The number of carbonyl (C=O) groups is 2. The Morgan fingerprint density at radius 1 is 1.35 bits per heavy atom. The van der Waals surface area contributed by atoms with Crippen molar-refractivity contribution in [3.8, 4) is 0 Å². The van der Waals surface area contributed by atoms with Gasteiger partial charge < -0.3 is 10.2 Å². The number of amides is 2. The highest BCUT2D eigenvalue weighted by atomic mass is 32.2. The van der Waals surface area contributed by atoms with Gasteiger partial charge in [-0.3, -0.25) is 9.59 Å². The highest BCUT2D eigenvalue weighted by molar-refractivity contribution is 8.01. The Morgan fingerprint density at radius 2 is 2.00 bits per heavy atom. The number of fused-ring (bicyclic) bond motifs is 1. The predicted molar refractivity (Wildman–Crippen MR) is 94.6 cm³/mol. The van der Waals surface area contributed by atoms with Crippen LogP contribution in [-0.2, 0) is 22.4 Å². The molecule has 2 fully saturated rings. The number of hydrogen-bond donors (Lipinski definition) is 1. The van der Waals surface area contributed by atoms with Gasteiger partial charge in [0.2, 0.25) is 11.8 Å². The zero-order valence-corrected chi connectivity index (χ0v) is 14.8. The molecule has 2 heterocycles. The molecule has 2 aliphatic heterocycles. The maximum Gasteiger partial charge on any atom is 0.248 e. The van der Waals surface area contributed by atoms with Crippen LogP contribution in [0.3, 0.4) is 0 Å². The van der Waals surface area contributed by atoms with Gasteiger partial charge in [-0.25, -0.2) is 0 Å². The Bertz CT molecular complexity index is 624. The second-order valence-corrected chi connectivity index (χ2v) is 7.91. The van der Waals surface area contributed by atoms with E-state index in [1.807, 2.05) is 11.0 Å². The number of carbonyl (C=O) groups excluding carboxylic acids is 2. The van der Waals surface area contributed by atoms with Crippen LogP contribution >= 0.6 is 11.8 Å². The van der Waals surface area contributed by atoms with Gasteiger partial charge in [0, 0.05) is 17.9 Å². The van der Waals surface area contributed by atoms with Gasteiger partial charge in [0.05, 0.1) is 4.87 Å². The molecule has 4 nitrogen and oxygen atoms in total. The van der Waals surface area contributed by atoms with Crippen molar-refractivity contribution in [1.82, 2.24) is 4.90 Å². The van der Waals surface area contributed by atoms with Crippen LogP contribution in [0.25, 0.3) is 0 Å². The van der Waals surface area contributed by atoms with Gasteiger partial charge in [0.1, 0.15) is 6.04 Å². The molecule has 5 heteroatoms. The molecular weight excluding hydrogens is 308 g/mol. The van der Waals surface area contributed by atoms with Gasteiger partial charge in [0.25, 0.3) is 0 Å². The lowest BCUT2D eigenvalue weighted by atomic mass is 10.0. The summed E-state index contributed by atoms with van der Waals surface area (Å²) in [4.78, 5) is 26.7. The van der Waals surface area contributed by atoms with Crippen molar-refractivity contribution in [3.63, 3.8) is 0 Å². The van der Waals surface area contributed by atoms with Gasteiger partial charge in [-0.2, -0.15) is 0 Å². The van der Waals surface area contributed by atoms with Gasteiger partial charge in [0.15, 0.2) is 0 Å². The zero-order valence-electron chi connectivity index (χ0n) is 14.0. The minimum Gasteiger partial charge on any atom is -0.324 e. The lowest BCUT2D eigenvalue weighted by molar-refractivity contribution is -0.135. The summed E-state index contributed by atoms with van der Waals surface area (Å²) >= 11 is 1.73. The summed E-state index contributed by atoms with van der Waals surface area (Å²) in [6.07, 6.45) is 3.15. The highest BCUT2D eigenvalue weighted by Crippen LogP contribution is 2.47. The number of nitrogens with one attached hydrogen (secondary N) is 1. The molecule has 2 amide bonds. The van der Waals surface area contributed by atoms with E-state index in [-0.39, 0.29) is 22.7 Å². The standard InChI is InChI=1S/C18H24N2O2S/c1-4-12-7-6-8-13(5-2)16(12)19-17(22)14-11-23-18(3)10-9-15(21)20(14)18/h6-8,14H,4-5,9-11H2,1-3H3,(H,19,22)/t14-,18+/m1/s1. The smallest absolute Gasteiger partial charge is 0.248 e. The van der Waals surface area contributed by atoms with Crippen LogP contribution in [0.4, 0.5) is 5.69 Å². The van der Waals surface area contributed by atoms with Crippen molar-refractivity contribution in [3.05, 3.63) is 29.3 Å². The number of anilines is 1. The van der Waals surface area contributed by atoms with Gasteiger partial charge in [-0.15, -0.1) is 11.8 Å². The van der Waals surface area contributed by atoms with Crippen molar-refractivity contribution in [2.45, 2.75) is 57.4 Å². The van der Waals surface area contributed by atoms with Crippen LogP contribution in [0.15, 0.2) is 18.2 Å². The average Bonchev–Trinajstić information content (AvgIpc) is 3.04. The van der Waals surface area contributed by atoms with E-state index in [1.165, 1.54) is 0 Å². The van der Waals surface area contributed by atoms with Crippen molar-refractivity contribution < 1.29 is 9.59 Å². The Labute approximate surface area is 142 Å². The fraction of sp³-hybridized carbons (Fsp3) is 0.556. The van der Waals surface area contributed by atoms with Gasteiger partial charge in [-0.1, -0.05) is 32.0 Å². The summed E-state index contributed by atoms with van der Waals surface area (Å²) in [5.41, 5.74) is 3.24. The molecular formula is C18H24N2O2S. The van der Waals surface area contributed by atoms with Crippen molar-refractivity contribution >= 4 is 29.3 Å². The third kappa shape index (κ3) is 2.75. The number of aryl methyl sites for hydroxylation is 2. The molecule has 0 saturated carbocycles. The minimum absolute atomic E-state index is 0.0490. The van der Waals surface area contributed by atoms with Crippen LogP contribution in [0.1, 0.15) is 44.7 Å². The maximum atomic E-state index is 12.9. The number of hydrogen-bond acceptors (Lipinski definition) is 3. The van der Waals surface area contributed by atoms with Crippen LogP contribution in [0, 0.1) is 0 Å². The summed E-state index contributed by atoms with van der Waals surface area (Å²) in [7, 11) is 0. The molecule has 2 aliphatic rings. The second-order valence-electron chi connectivity index (χ2n) is 6.41. The van der Waals surface area contributed by atoms with Crippen molar-refractivity contribution in [1.29, 1.82) is 0 Å². The van der Waals surface area contributed by atoms with Gasteiger partial charge >= 0.3 is 0 Å². The molecule has 124 valence electrons. The van der Waals surface area contributed by atoms with E-state index in [2.05, 4.69) is 38.2 Å². The molecule has 2 atom stereocenters. The monoisotopic (exact) mass is 332 g/mol. The number of benzene rings is 1. The first-order chi connectivity index (χ1) is 11.0. The third-order valence-electron chi connectivity index (χ3n) is 4.99. The molecule has 0 radical (unpaired) electrons. The first kappa shape index (κ1) is 16.4. The molecule has 23 heavy (non-hydrogen) atoms. The normalized spacial score (nSPS) is 26.5. The summed E-state index contributed by atoms with van der Waals surface area (Å²) in [5, 5.41) is 3.13. The quantitative estimate of drug-likeness (QED) is 0.921. The molecule has 2 saturated heterocycles. The van der Waals surface area contributed by atoms with E-state index < -0.39 is 0 Å². The average molecular weight is 332 g/mol. The first-order valence-corrected chi connectivity index (χ1v) is 9.36. The largest absolute Gasteiger partial charge is 0.324 e. The van der Waals surface area contributed by atoms with E-state index in [1.54, 1.807) is 11.8 Å². The number of nitrogens with zero attached hydrogens (tertiary/aromatic N) is 1. The zero-order chi connectivity index (χ0) is 16.6. The van der Waals surface area contributed by atoms with Crippen molar-refractivity contribution in [2.75, 3.05) is 11.1 Å². The fourth-order valence-electron chi connectivity index (χ4n) is 3.62. The second kappa shape index (κ2) is 6.19.